The highest BCUT2D eigenvalue weighted by atomic mass is 19.1. The first-order valence-corrected chi connectivity index (χ1v) is 5.34. The lowest BCUT2D eigenvalue weighted by Gasteiger charge is -2.09. The van der Waals surface area contributed by atoms with E-state index in [1.165, 1.54) is 6.33 Å². The zero-order valence-electron chi connectivity index (χ0n) is 8.88. The minimum absolute atomic E-state index is 0.168. The van der Waals surface area contributed by atoms with E-state index in [0.29, 0.717) is 11.5 Å². The summed E-state index contributed by atoms with van der Waals surface area (Å²) in [5, 5.41) is 8.92. The van der Waals surface area contributed by atoms with E-state index in [2.05, 4.69) is 19.9 Å². The molecule has 17 heavy (non-hydrogen) atoms. The van der Waals surface area contributed by atoms with Gasteiger partial charge in [-0.25, -0.2) is 19.3 Å². The number of nitrogens with one attached hydrogen (secondary N) is 1. The molecule has 0 saturated carbocycles. The van der Waals surface area contributed by atoms with Crippen molar-refractivity contribution < 1.29 is 14.2 Å². The summed E-state index contributed by atoms with van der Waals surface area (Å²) >= 11 is 0. The number of nitrogens with zero attached hydrogens (tertiary/aromatic N) is 3. The molecule has 7 heteroatoms. The monoisotopic (exact) mass is 238 g/mol. The Labute approximate surface area is 95.9 Å². The van der Waals surface area contributed by atoms with E-state index < -0.39 is 18.4 Å². The lowest BCUT2D eigenvalue weighted by molar-refractivity contribution is -0.00899. The number of H-pyrrole nitrogens is 1. The molecule has 90 valence electrons. The number of halogens is 1. The van der Waals surface area contributed by atoms with Crippen LogP contribution in [0.4, 0.5) is 4.39 Å². The number of rotatable bonds is 2. The maximum absolute atomic E-state index is 13.4. The quantitative estimate of drug-likeness (QED) is 0.796. The van der Waals surface area contributed by atoms with Gasteiger partial charge in [0.05, 0.1) is 19.1 Å². The first kappa shape index (κ1) is 10.5. The third-order valence-electron chi connectivity index (χ3n) is 2.84. The number of aromatic nitrogens is 4. The van der Waals surface area contributed by atoms with Crippen molar-refractivity contribution in [1.29, 1.82) is 0 Å². The number of hydrogen-bond acceptors (Lipinski definition) is 5. The maximum atomic E-state index is 13.4. The van der Waals surface area contributed by atoms with Crippen LogP contribution < -0.4 is 0 Å². The highest BCUT2D eigenvalue weighted by Gasteiger charge is 2.37. The highest BCUT2D eigenvalue weighted by Crippen LogP contribution is 2.32. The van der Waals surface area contributed by atoms with Crippen molar-refractivity contribution in [3.8, 4) is 0 Å². The van der Waals surface area contributed by atoms with E-state index in [4.69, 9.17) is 9.84 Å². The summed E-state index contributed by atoms with van der Waals surface area (Å²) < 4.78 is 18.8. The van der Waals surface area contributed by atoms with Gasteiger partial charge in [-0.3, -0.25) is 0 Å². The molecule has 1 aliphatic heterocycles. The second-order valence-corrected chi connectivity index (χ2v) is 3.97. The van der Waals surface area contributed by atoms with Gasteiger partial charge in [0.2, 0.25) is 0 Å². The largest absolute Gasteiger partial charge is 0.394 e. The molecule has 0 radical (unpaired) electrons. The summed E-state index contributed by atoms with van der Waals surface area (Å²) in [7, 11) is 0. The Balaban J connectivity index is 1.89. The molecule has 1 saturated heterocycles. The average molecular weight is 238 g/mol. The molecule has 6 nitrogen and oxygen atoms in total. The first-order chi connectivity index (χ1) is 8.28. The molecule has 2 aromatic rings. The van der Waals surface area contributed by atoms with Crippen LogP contribution in [0.3, 0.4) is 0 Å². The molecule has 0 amide bonds. The lowest BCUT2D eigenvalue weighted by Crippen LogP contribution is -2.21. The molecule has 2 N–H and O–H groups in total. The summed E-state index contributed by atoms with van der Waals surface area (Å²) in [5.41, 5.74) is 1.25. The van der Waals surface area contributed by atoms with Gasteiger partial charge in [0, 0.05) is 6.42 Å². The van der Waals surface area contributed by atoms with E-state index in [-0.39, 0.29) is 13.0 Å². The standard InChI is InChI=1S/C10H11FN4O2/c11-5-1-7(17-8(5)3-16)10-12-2-6-9(15-10)14-4-13-6/h2,4-5,7-8,16H,1,3H2,(H,12,13,14,15)/t5-,7+,8+/m0/s1. The Morgan fingerprint density at radius 2 is 2.41 bits per heavy atom. The number of fused-ring (bicyclic) bond motifs is 1. The van der Waals surface area contributed by atoms with Gasteiger partial charge in [0.15, 0.2) is 11.5 Å². The molecule has 2 aromatic heterocycles. The summed E-state index contributed by atoms with van der Waals surface area (Å²) in [5.74, 6) is 0.406. The van der Waals surface area contributed by atoms with Gasteiger partial charge >= 0.3 is 0 Å². The molecule has 1 fully saturated rings. The molecule has 1 aliphatic rings. The Hall–Kier alpha value is -1.60. The van der Waals surface area contributed by atoms with E-state index in [9.17, 15) is 4.39 Å². The molecular weight excluding hydrogens is 227 g/mol. The van der Waals surface area contributed by atoms with Crippen LogP contribution in [-0.2, 0) is 4.74 Å². The van der Waals surface area contributed by atoms with Gasteiger partial charge in [-0.15, -0.1) is 0 Å². The zero-order valence-corrected chi connectivity index (χ0v) is 8.88. The summed E-state index contributed by atoms with van der Waals surface area (Å²) in [6, 6.07) is 0. The Morgan fingerprint density at radius 1 is 1.53 bits per heavy atom. The third-order valence-corrected chi connectivity index (χ3v) is 2.84. The lowest BCUT2D eigenvalue weighted by atomic mass is 10.1. The van der Waals surface area contributed by atoms with Gasteiger partial charge in [0.1, 0.15) is 23.9 Å². The normalized spacial score (nSPS) is 28.9. The Bertz CT molecular complexity index is 532. The molecule has 0 aliphatic carbocycles. The van der Waals surface area contributed by atoms with Crippen LogP contribution in [0, 0.1) is 0 Å². The second-order valence-electron chi connectivity index (χ2n) is 3.97. The van der Waals surface area contributed by atoms with Crippen LogP contribution in [0.2, 0.25) is 0 Å². The van der Waals surface area contributed by atoms with E-state index >= 15 is 0 Å². The molecule has 3 rings (SSSR count). The predicted molar refractivity (Wildman–Crippen MR) is 55.9 cm³/mol. The number of imidazole rings is 1. The Morgan fingerprint density at radius 3 is 3.18 bits per heavy atom. The fourth-order valence-corrected chi connectivity index (χ4v) is 1.94. The SMILES string of the molecule is OC[C@H]1O[C@@H](c2ncc3[nH]cnc3n2)C[C@@H]1F. The number of aliphatic hydroxyl groups is 1. The number of aliphatic hydroxyl groups excluding tert-OH is 1. The predicted octanol–water partition coefficient (Wildman–Crippen LogP) is 0.513. The summed E-state index contributed by atoms with van der Waals surface area (Å²) in [4.78, 5) is 15.2. The fourth-order valence-electron chi connectivity index (χ4n) is 1.94. The van der Waals surface area contributed by atoms with Gasteiger partial charge in [-0.05, 0) is 0 Å². The van der Waals surface area contributed by atoms with Gasteiger partial charge < -0.3 is 14.8 Å². The van der Waals surface area contributed by atoms with E-state index in [0.717, 1.165) is 5.52 Å². The third kappa shape index (κ3) is 1.77. The maximum Gasteiger partial charge on any atom is 0.180 e. The highest BCUT2D eigenvalue weighted by molar-refractivity contribution is 5.68. The molecule has 0 aromatic carbocycles. The van der Waals surface area contributed by atoms with Crippen molar-refractivity contribution in [3.63, 3.8) is 0 Å². The van der Waals surface area contributed by atoms with Crippen molar-refractivity contribution in [2.24, 2.45) is 0 Å². The molecule has 0 unspecified atom stereocenters. The molecule has 0 spiro atoms. The fraction of sp³-hybridized carbons (Fsp3) is 0.500. The number of hydrogen-bond donors (Lipinski definition) is 2. The summed E-state index contributed by atoms with van der Waals surface area (Å²) in [6.07, 6.45) is 0.812. The molecule has 0 bridgehead atoms. The van der Waals surface area contributed by atoms with Crippen molar-refractivity contribution in [3.05, 3.63) is 18.3 Å². The van der Waals surface area contributed by atoms with E-state index in [1.807, 2.05) is 0 Å². The van der Waals surface area contributed by atoms with Gasteiger partial charge in [0.25, 0.3) is 0 Å². The van der Waals surface area contributed by atoms with Gasteiger partial charge in [-0.1, -0.05) is 0 Å². The van der Waals surface area contributed by atoms with Crippen LogP contribution in [0.25, 0.3) is 11.2 Å². The van der Waals surface area contributed by atoms with Crippen LogP contribution in [0.1, 0.15) is 18.3 Å². The minimum Gasteiger partial charge on any atom is -0.394 e. The zero-order chi connectivity index (χ0) is 11.8. The molecule has 3 heterocycles. The molecule has 3 atom stereocenters. The smallest absolute Gasteiger partial charge is 0.180 e. The van der Waals surface area contributed by atoms with Crippen molar-refractivity contribution in [1.82, 2.24) is 19.9 Å². The number of ether oxygens (including phenoxy) is 1. The van der Waals surface area contributed by atoms with Gasteiger partial charge in [-0.2, -0.15) is 0 Å². The topological polar surface area (TPSA) is 83.9 Å². The minimum atomic E-state index is -1.18. The van der Waals surface area contributed by atoms with Crippen LogP contribution >= 0.6 is 0 Å². The first-order valence-electron chi connectivity index (χ1n) is 5.34. The second kappa shape index (κ2) is 4.01. The van der Waals surface area contributed by atoms with Crippen molar-refractivity contribution >= 4 is 11.2 Å². The van der Waals surface area contributed by atoms with E-state index in [1.54, 1.807) is 6.20 Å². The number of aromatic amines is 1. The number of alkyl halides is 1. The average Bonchev–Trinajstić information content (AvgIpc) is 2.93. The molecular formula is C10H11FN4O2. The van der Waals surface area contributed by atoms with Crippen molar-refractivity contribution in [2.45, 2.75) is 24.8 Å². The summed E-state index contributed by atoms with van der Waals surface area (Å²) in [6.45, 7) is -0.331. The Kier molecular flexibility index (Phi) is 2.49. The van der Waals surface area contributed by atoms with Crippen LogP contribution in [0.15, 0.2) is 12.5 Å². The van der Waals surface area contributed by atoms with Crippen LogP contribution in [-0.4, -0.2) is 43.9 Å². The van der Waals surface area contributed by atoms with Crippen molar-refractivity contribution in [2.75, 3.05) is 6.61 Å². The van der Waals surface area contributed by atoms with Crippen LogP contribution in [0.5, 0.6) is 0 Å².